The molecule has 164 valence electrons. The van der Waals surface area contributed by atoms with Crippen LogP contribution in [0.25, 0.3) is 0 Å². The monoisotopic (exact) mass is 435 g/mol. The molecule has 2 aromatic rings. The molecule has 9 heteroatoms. The van der Waals surface area contributed by atoms with Crippen LogP contribution in [0.3, 0.4) is 0 Å². The zero-order valence-corrected chi connectivity index (χ0v) is 19.0. The number of carbonyl (C=O) groups is 1. The van der Waals surface area contributed by atoms with E-state index in [1.165, 1.54) is 0 Å². The Morgan fingerprint density at radius 2 is 1.90 bits per heavy atom. The maximum absolute atomic E-state index is 12.1. The van der Waals surface area contributed by atoms with Crippen LogP contribution in [0.2, 0.25) is 5.02 Å². The predicted octanol–water partition coefficient (Wildman–Crippen LogP) is 3.81. The number of hydrogen-bond donors (Lipinski definition) is 1. The normalized spacial score (nSPS) is 15.9. The Balaban J connectivity index is 1.54. The van der Waals surface area contributed by atoms with E-state index in [-0.39, 0.29) is 0 Å². The van der Waals surface area contributed by atoms with Crippen LogP contribution < -0.4 is 10.2 Å². The van der Waals surface area contributed by atoms with E-state index >= 15 is 0 Å². The molecule has 0 radical (unpaired) electrons. The summed E-state index contributed by atoms with van der Waals surface area (Å²) in [6.07, 6.45) is -0.518. The summed E-state index contributed by atoms with van der Waals surface area (Å²) in [7, 11) is 0. The van der Waals surface area contributed by atoms with Gasteiger partial charge in [0.2, 0.25) is 5.89 Å². The van der Waals surface area contributed by atoms with E-state index in [9.17, 15) is 4.79 Å². The Morgan fingerprint density at radius 3 is 2.53 bits per heavy atom. The van der Waals surface area contributed by atoms with Crippen LogP contribution in [0.1, 0.15) is 46.3 Å². The van der Waals surface area contributed by atoms with E-state index in [1.807, 2.05) is 52.8 Å². The van der Waals surface area contributed by atoms with E-state index in [1.54, 1.807) is 0 Å². The maximum Gasteiger partial charge on any atom is 0.408 e. The molecule has 1 aromatic carbocycles. The van der Waals surface area contributed by atoms with Gasteiger partial charge in [0.15, 0.2) is 5.82 Å². The highest BCUT2D eigenvalue weighted by molar-refractivity contribution is 6.30. The third-order valence-corrected chi connectivity index (χ3v) is 4.98. The summed E-state index contributed by atoms with van der Waals surface area (Å²) < 4.78 is 10.8. The fourth-order valence-corrected chi connectivity index (χ4v) is 3.40. The smallest absolute Gasteiger partial charge is 0.408 e. The van der Waals surface area contributed by atoms with Gasteiger partial charge in [-0.25, -0.2) is 4.79 Å². The molecule has 8 nitrogen and oxygen atoms in total. The Kier molecular flexibility index (Phi) is 6.57. The van der Waals surface area contributed by atoms with Crippen molar-refractivity contribution in [1.29, 1.82) is 0 Å². The molecule has 1 fully saturated rings. The lowest BCUT2D eigenvalue weighted by Gasteiger charge is -2.35. The quantitative estimate of drug-likeness (QED) is 0.764. The second-order valence-electron chi connectivity index (χ2n) is 9.01. The molecule has 3 rings (SSSR count). The van der Waals surface area contributed by atoms with Crippen molar-refractivity contribution in [2.45, 2.75) is 52.3 Å². The molecule has 1 aliphatic rings. The first-order valence-electron chi connectivity index (χ1n) is 10.1. The second-order valence-corrected chi connectivity index (χ2v) is 9.44. The van der Waals surface area contributed by atoms with Crippen molar-refractivity contribution >= 4 is 23.4 Å². The minimum absolute atomic E-state index is 0.418. The Morgan fingerprint density at radius 1 is 1.20 bits per heavy atom. The number of halogens is 1. The first-order valence-corrected chi connectivity index (χ1v) is 10.5. The Bertz CT molecular complexity index is 870. The van der Waals surface area contributed by atoms with Gasteiger partial charge < -0.3 is 19.5 Å². The molecule has 0 aliphatic carbocycles. The molecule has 2 heterocycles. The minimum Gasteiger partial charge on any atom is -0.444 e. The Hall–Kier alpha value is -2.32. The maximum atomic E-state index is 12.1. The third-order valence-electron chi connectivity index (χ3n) is 4.75. The summed E-state index contributed by atoms with van der Waals surface area (Å²) in [6, 6.07) is 7.91. The van der Waals surface area contributed by atoms with E-state index in [0.29, 0.717) is 18.3 Å². The highest BCUT2D eigenvalue weighted by Crippen LogP contribution is 2.22. The van der Waals surface area contributed by atoms with Crippen molar-refractivity contribution in [2.24, 2.45) is 0 Å². The first-order chi connectivity index (χ1) is 14.0. The van der Waals surface area contributed by atoms with Gasteiger partial charge in [-0.1, -0.05) is 22.8 Å². The van der Waals surface area contributed by atoms with Gasteiger partial charge >= 0.3 is 6.09 Å². The number of aromatic nitrogens is 2. The van der Waals surface area contributed by atoms with Crippen molar-refractivity contribution in [3.05, 3.63) is 41.0 Å². The van der Waals surface area contributed by atoms with Crippen LogP contribution in [-0.4, -0.2) is 52.9 Å². The third kappa shape index (κ3) is 6.09. The lowest BCUT2D eigenvalue weighted by Crippen LogP contribution is -2.46. The fraction of sp³-hybridized carbons (Fsp3) is 0.571. The number of nitrogens with one attached hydrogen (secondary N) is 1. The highest BCUT2D eigenvalue weighted by atomic mass is 35.5. The van der Waals surface area contributed by atoms with Gasteiger partial charge in [0.05, 0.1) is 6.54 Å². The number of hydrogen-bond acceptors (Lipinski definition) is 7. The van der Waals surface area contributed by atoms with E-state index < -0.39 is 17.2 Å². The minimum atomic E-state index is -0.810. The zero-order chi connectivity index (χ0) is 21.9. The number of alkyl carbamates (subject to hydrolysis) is 1. The fourth-order valence-electron chi connectivity index (χ4n) is 3.22. The van der Waals surface area contributed by atoms with Crippen molar-refractivity contribution in [3.63, 3.8) is 0 Å². The highest BCUT2D eigenvalue weighted by Gasteiger charge is 2.31. The molecular formula is C21H30ClN5O3. The van der Waals surface area contributed by atoms with Crippen LogP contribution in [0, 0.1) is 0 Å². The zero-order valence-electron chi connectivity index (χ0n) is 18.2. The number of rotatable bonds is 5. The SMILES string of the molecule is CC(C)(C)OC(=O)NC(C)(C)c1noc(CN2CCN(c3cccc(Cl)c3)CC2)n1. The molecule has 0 saturated carbocycles. The second kappa shape index (κ2) is 8.81. The number of carbonyl (C=O) groups excluding carboxylic acids is 1. The van der Waals surface area contributed by atoms with Crippen LogP contribution >= 0.6 is 11.6 Å². The van der Waals surface area contributed by atoms with Crippen molar-refractivity contribution in [3.8, 4) is 0 Å². The summed E-state index contributed by atoms with van der Waals surface area (Å²) in [4.78, 5) is 21.2. The number of ether oxygens (including phenoxy) is 1. The largest absolute Gasteiger partial charge is 0.444 e. The summed E-state index contributed by atoms with van der Waals surface area (Å²) in [5, 5.41) is 7.61. The standard InChI is InChI=1S/C21H30ClN5O3/c1-20(2,3)29-19(28)24-21(4,5)18-23-17(30-25-18)14-26-9-11-27(12-10-26)16-8-6-7-15(22)13-16/h6-8,13H,9-12,14H2,1-5H3,(H,24,28). The van der Waals surface area contributed by atoms with Crippen molar-refractivity contribution in [2.75, 3.05) is 31.1 Å². The molecule has 1 aromatic heterocycles. The average Bonchev–Trinajstić information content (AvgIpc) is 3.10. The van der Waals surface area contributed by atoms with E-state index in [0.717, 1.165) is 36.9 Å². The number of nitrogens with zero attached hydrogens (tertiary/aromatic N) is 4. The van der Waals surface area contributed by atoms with Gasteiger partial charge in [0.1, 0.15) is 11.1 Å². The number of benzene rings is 1. The molecule has 1 amide bonds. The van der Waals surface area contributed by atoms with Gasteiger partial charge in [0.25, 0.3) is 0 Å². The lowest BCUT2D eigenvalue weighted by molar-refractivity contribution is 0.0465. The molecule has 30 heavy (non-hydrogen) atoms. The number of amides is 1. The molecule has 0 spiro atoms. The topological polar surface area (TPSA) is 83.7 Å². The molecule has 1 N–H and O–H groups in total. The summed E-state index contributed by atoms with van der Waals surface area (Å²) >= 11 is 6.10. The summed E-state index contributed by atoms with van der Waals surface area (Å²) in [5.41, 5.74) is -0.247. The molecule has 1 aliphatic heterocycles. The molecule has 0 atom stereocenters. The molecule has 1 saturated heterocycles. The van der Waals surface area contributed by atoms with E-state index in [4.69, 9.17) is 20.9 Å². The van der Waals surface area contributed by atoms with E-state index in [2.05, 4.69) is 31.3 Å². The van der Waals surface area contributed by atoms with Crippen LogP contribution in [0.4, 0.5) is 10.5 Å². The molecule has 0 unspecified atom stereocenters. The summed E-state index contributed by atoms with van der Waals surface area (Å²) in [6.45, 7) is 13.2. The van der Waals surface area contributed by atoms with Crippen molar-refractivity contribution in [1.82, 2.24) is 20.4 Å². The first kappa shape index (κ1) is 22.4. The van der Waals surface area contributed by atoms with Crippen LogP contribution in [0.5, 0.6) is 0 Å². The Labute approximate surface area is 182 Å². The number of anilines is 1. The lowest BCUT2D eigenvalue weighted by atomic mass is 10.1. The number of piperazine rings is 1. The molecular weight excluding hydrogens is 406 g/mol. The van der Waals surface area contributed by atoms with Crippen molar-refractivity contribution < 1.29 is 14.1 Å². The van der Waals surface area contributed by atoms with Gasteiger partial charge in [0, 0.05) is 36.9 Å². The predicted molar refractivity (Wildman–Crippen MR) is 116 cm³/mol. The van der Waals surface area contributed by atoms with Crippen LogP contribution in [-0.2, 0) is 16.8 Å². The average molecular weight is 436 g/mol. The summed E-state index contributed by atoms with van der Waals surface area (Å²) in [5.74, 6) is 0.946. The van der Waals surface area contributed by atoms with Gasteiger partial charge in [-0.3, -0.25) is 4.90 Å². The van der Waals surface area contributed by atoms with Crippen LogP contribution in [0.15, 0.2) is 28.8 Å². The molecule has 0 bridgehead atoms. The van der Waals surface area contributed by atoms with Gasteiger partial charge in [-0.05, 0) is 52.8 Å². The van der Waals surface area contributed by atoms with Gasteiger partial charge in [-0.15, -0.1) is 0 Å². The van der Waals surface area contributed by atoms with Gasteiger partial charge in [-0.2, -0.15) is 4.98 Å².